The zero-order valence-corrected chi connectivity index (χ0v) is 14.0. The zero-order chi connectivity index (χ0) is 15.0. The van der Waals surface area contributed by atoms with E-state index in [0.29, 0.717) is 59.5 Å². The van der Waals surface area contributed by atoms with Gasteiger partial charge in [-0.1, -0.05) is 13.3 Å². The van der Waals surface area contributed by atoms with Crippen LogP contribution in [-0.2, 0) is 23.7 Å². The Bertz CT molecular complexity index is 202. The van der Waals surface area contributed by atoms with Crippen LogP contribution in [-0.4, -0.2) is 77.1 Å². The molecule has 1 aliphatic heterocycles. The lowest BCUT2D eigenvalue weighted by Gasteiger charge is -2.18. The maximum absolute atomic E-state index is 5.85. The van der Waals surface area contributed by atoms with Crippen molar-refractivity contribution in [1.82, 2.24) is 0 Å². The van der Waals surface area contributed by atoms with E-state index in [1.54, 1.807) is 0 Å². The van der Waals surface area contributed by atoms with Crippen LogP contribution in [0.15, 0.2) is 0 Å². The van der Waals surface area contributed by atoms with Gasteiger partial charge in [-0.3, -0.25) is 0 Å². The van der Waals surface area contributed by atoms with Gasteiger partial charge in [0.1, 0.15) is 0 Å². The summed E-state index contributed by atoms with van der Waals surface area (Å²) in [6, 6.07) is 0. The highest BCUT2D eigenvalue weighted by molar-refractivity contribution is 7.99. The molecule has 0 radical (unpaired) electrons. The Hall–Kier alpha value is 0.150. The van der Waals surface area contributed by atoms with E-state index in [9.17, 15) is 0 Å². The van der Waals surface area contributed by atoms with Gasteiger partial charge in [0.05, 0.1) is 65.6 Å². The second kappa shape index (κ2) is 15.1. The molecule has 0 amide bonds. The van der Waals surface area contributed by atoms with Gasteiger partial charge < -0.3 is 23.7 Å². The third-order valence-corrected chi connectivity index (χ3v) is 4.13. The summed E-state index contributed by atoms with van der Waals surface area (Å²) in [5.41, 5.74) is 0. The summed E-state index contributed by atoms with van der Waals surface area (Å²) in [6.45, 7) is 7.70. The molecule has 0 saturated carbocycles. The second-order valence-corrected chi connectivity index (χ2v) is 5.98. The Morgan fingerprint density at radius 3 is 2.00 bits per heavy atom. The molecular weight excluding hydrogens is 292 g/mol. The third kappa shape index (κ3) is 12.4. The average molecular weight is 322 g/mol. The molecule has 5 nitrogen and oxygen atoms in total. The summed E-state index contributed by atoms with van der Waals surface area (Å²) in [6.07, 6.45) is 2.63. The van der Waals surface area contributed by atoms with Crippen LogP contribution < -0.4 is 0 Å². The van der Waals surface area contributed by atoms with E-state index in [1.807, 2.05) is 11.8 Å². The predicted octanol–water partition coefficient (Wildman–Crippen LogP) is 1.98. The Labute approximate surface area is 133 Å². The van der Waals surface area contributed by atoms with Crippen molar-refractivity contribution >= 4 is 11.8 Å². The minimum absolute atomic E-state index is 0.136. The molecule has 1 saturated heterocycles. The fourth-order valence-electron chi connectivity index (χ4n) is 1.75. The molecule has 1 fully saturated rings. The van der Waals surface area contributed by atoms with Crippen LogP contribution in [0.5, 0.6) is 0 Å². The lowest BCUT2D eigenvalue weighted by molar-refractivity contribution is -0.0359. The van der Waals surface area contributed by atoms with Gasteiger partial charge in [0.25, 0.3) is 0 Å². The molecule has 1 aliphatic rings. The van der Waals surface area contributed by atoms with E-state index < -0.39 is 0 Å². The van der Waals surface area contributed by atoms with Crippen LogP contribution in [0.25, 0.3) is 0 Å². The summed E-state index contributed by atoms with van der Waals surface area (Å²) in [5.74, 6) is 2.16. The van der Waals surface area contributed by atoms with E-state index in [2.05, 4.69) is 6.92 Å². The highest BCUT2D eigenvalue weighted by atomic mass is 32.2. The van der Waals surface area contributed by atoms with Crippen LogP contribution in [0.3, 0.4) is 0 Å². The minimum atomic E-state index is 0.136. The van der Waals surface area contributed by atoms with E-state index in [-0.39, 0.29) is 6.10 Å². The maximum atomic E-state index is 5.85. The number of rotatable bonds is 5. The number of ether oxygens (including phenoxy) is 5. The van der Waals surface area contributed by atoms with Gasteiger partial charge in [-0.05, 0) is 12.2 Å². The quantitative estimate of drug-likeness (QED) is 0.721. The highest BCUT2D eigenvalue weighted by Crippen LogP contribution is 2.09. The second-order valence-electron chi connectivity index (χ2n) is 4.83. The summed E-state index contributed by atoms with van der Waals surface area (Å²) in [4.78, 5) is 0. The number of thioether (sulfide) groups is 1. The van der Waals surface area contributed by atoms with Gasteiger partial charge in [-0.15, -0.1) is 0 Å². The Balaban J connectivity index is 2.20. The first-order valence-electron chi connectivity index (χ1n) is 7.93. The predicted molar refractivity (Wildman–Crippen MR) is 85.2 cm³/mol. The first kappa shape index (κ1) is 19.2. The smallest absolute Gasteiger partial charge is 0.0899 e. The number of unbranched alkanes of at least 4 members (excludes halogenated alkanes) is 1. The SMILES string of the molecule is CCCCSCC1COCCOCCOCCOCCO1. The van der Waals surface area contributed by atoms with E-state index in [1.165, 1.54) is 18.6 Å². The fraction of sp³-hybridized carbons (Fsp3) is 1.00. The van der Waals surface area contributed by atoms with Crippen LogP contribution in [0, 0.1) is 0 Å². The molecule has 1 heterocycles. The molecule has 0 N–H and O–H groups in total. The van der Waals surface area contributed by atoms with Crippen LogP contribution in [0.2, 0.25) is 0 Å². The maximum Gasteiger partial charge on any atom is 0.0899 e. The number of hydrogen-bond donors (Lipinski definition) is 0. The molecule has 1 rings (SSSR count). The largest absolute Gasteiger partial charge is 0.377 e. The van der Waals surface area contributed by atoms with Gasteiger partial charge in [0, 0.05) is 5.75 Å². The van der Waals surface area contributed by atoms with Gasteiger partial charge in [-0.25, -0.2) is 0 Å². The van der Waals surface area contributed by atoms with Gasteiger partial charge in [-0.2, -0.15) is 11.8 Å². The van der Waals surface area contributed by atoms with Crippen molar-refractivity contribution in [2.45, 2.75) is 25.9 Å². The molecule has 0 spiro atoms. The van der Waals surface area contributed by atoms with Crippen molar-refractivity contribution < 1.29 is 23.7 Å². The minimum Gasteiger partial charge on any atom is -0.377 e. The van der Waals surface area contributed by atoms with E-state index >= 15 is 0 Å². The van der Waals surface area contributed by atoms with Crippen molar-refractivity contribution in [3.05, 3.63) is 0 Å². The lowest BCUT2D eigenvalue weighted by Crippen LogP contribution is -2.26. The van der Waals surface area contributed by atoms with Crippen LogP contribution >= 0.6 is 11.8 Å². The Morgan fingerprint density at radius 1 is 0.810 bits per heavy atom. The summed E-state index contributed by atoms with van der Waals surface area (Å²) < 4.78 is 27.7. The standard InChI is InChI=1S/C15H30O5S/c1-2-3-12-21-14-15-13-19-9-8-17-5-4-16-6-7-18-10-11-20-15/h15H,2-14H2,1H3. The average Bonchev–Trinajstić information content (AvgIpc) is 2.51. The van der Waals surface area contributed by atoms with Crippen molar-refractivity contribution in [3.8, 4) is 0 Å². The molecular formula is C15H30O5S. The molecule has 0 aromatic heterocycles. The lowest BCUT2D eigenvalue weighted by atomic mass is 10.4. The van der Waals surface area contributed by atoms with Crippen LogP contribution in [0.1, 0.15) is 19.8 Å². The molecule has 0 bridgehead atoms. The molecule has 1 unspecified atom stereocenters. The topological polar surface area (TPSA) is 46.2 Å². The van der Waals surface area contributed by atoms with Crippen molar-refractivity contribution in [1.29, 1.82) is 0 Å². The molecule has 6 heteroatoms. The van der Waals surface area contributed by atoms with Crippen molar-refractivity contribution in [3.63, 3.8) is 0 Å². The van der Waals surface area contributed by atoms with Crippen molar-refractivity contribution in [2.75, 3.05) is 71.0 Å². The first-order chi connectivity index (χ1) is 10.4. The summed E-state index contributed by atoms with van der Waals surface area (Å²) in [7, 11) is 0. The first-order valence-corrected chi connectivity index (χ1v) is 9.09. The van der Waals surface area contributed by atoms with Crippen LogP contribution in [0.4, 0.5) is 0 Å². The van der Waals surface area contributed by atoms with Gasteiger partial charge in [0.15, 0.2) is 0 Å². The summed E-state index contributed by atoms with van der Waals surface area (Å²) >= 11 is 1.94. The van der Waals surface area contributed by atoms with E-state index in [0.717, 1.165) is 5.75 Å². The Morgan fingerprint density at radius 2 is 1.38 bits per heavy atom. The molecule has 126 valence electrons. The molecule has 0 aromatic carbocycles. The molecule has 21 heavy (non-hydrogen) atoms. The monoisotopic (exact) mass is 322 g/mol. The Kier molecular flexibility index (Phi) is 13.8. The summed E-state index contributed by atoms with van der Waals surface area (Å²) in [5, 5.41) is 0. The highest BCUT2D eigenvalue weighted by Gasteiger charge is 2.10. The van der Waals surface area contributed by atoms with Crippen molar-refractivity contribution in [2.24, 2.45) is 0 Å². The number of hydrogen-bond acceptors (Lipinski definition) is 6. The third-order valence-electron chi connectivity index (χ3n) is 2.95. The molecule has 0 aromatic rings. The fourth-order valence-corrected chi connectivity index (χ4v) is 2.87. The van der Waals surface area contributed by atoms with Gasteiger partial charge >= 0.3 is 0 Å². The van der Waals surface area contributed by atoms with E-state index in [4.69, 9.17) is 23.7 Å². The molecule has 0 aliphatic carbocycles. The van der Waals surface area contributed by atoms with Gasteiger partial charge in [0.2, 0.25) is 0 Å². The normalized spacial score (nSPS) is 24.1. The molecule has 1 atom stereocenters. The zero-order valence-electron chi connectivity index (χ0n) is 13.2.